The van der Waals surface area contributed by atoms with E-state index in [0.29, 0.717) is 13.1 Å². The largest absolute Gasteiger partial charge is 0.354 e. The fourth-order valence-electron chi connectivity index (χ4n) is 2.79. The summed E-state index contributed by atoms with van der Waals surface area (Å²) in [7, 11) is 0. The van der Waals surface area contributed by atoms with Gasteiger partial charge in [0.25, 0.3) is 5.91 Å². The monoisotopic (exact) mass is 342 g/mol. The molecule has 0 aliphatic heterocycles. The van der Waals surface area contributed by atoms with Crippen LogP contribution in [0, 0.1) is 31.1 Å². The quantitative estimate of drug-likeness (QED) is 0.431. The number of hydrogen-bond acceptors (Lipinski definition) is 3. The van der Waals surface area contributed by atoms with Gasteiger partial charge in [-0.1, -0.05) is 6.92 Å². The molecule has 6 nitrogen and oxygen atoms in total. The Balaban J connectivity index is 1.94. The molecule has 0 radical (unpaired) electrons. The number of nitrogens with zero attached hydrogens (tertiary/aromatic N) is 2. The molecule has 134 valence electrons. The normalized spacial score (nSPS) is 14.1. The zero-order valence-corrected chi connectivity index (χ0v) is 15.2. The number of nitrogens with one attached hydrogen (secondary N) is 2. The molecule has 6 heteroatoms. The predicted molar refractivity (Wildman–Crippen MR) is 96.5 cm³/mol. The summed E-state index contributed by atoms with van der Waals surface area (Å²) in [6.45, 7) is 7.74. The van der Waals surface area contributed by atoms with E-state index in [0.717, 1.165) is 42.8 Å². The van der Waals surface area contributed by atoms with Gasteiger partial charge >= 0.3 is 0 Å². The van der Waals surface area contributed by atoms with Crippen molar-refractivity contribution in [3.05, 3.63) is 28.6 Å². The van der Waals surface area contributed by atoms with Gasteiger partial charge in [-0.05, 0) is 50.8 Å². The number of aryl methyl sites for hydroxylation is 1. The molecule has 1 fully saturated rings. The van der Waals surface area contributed by atoms with Crippen molar-refractivity contribution in [2.24, 2.45) is 5.92 Å². The molecular weight excluding hydrogens is 316 g/mol. The molecule has 0 atom stereocenters. The van der Waals surface area contributed by atoms with Crippen molar-refractivity contribution in [2.45, 2.75) is 46.6 Å². The first-order valence-corrected chi connectivity index (χ1v) is 8.82. The lowest BCUT2D eigenvalue weighted by Gasteiger charge is -2.07. The first-order valence-electron chi connectivity index (χ1n) is 8.82. The van der Waals surface area contributed by atoms with E-state index in [4.69, 9.17) is 0 Å². The molecule has 2 rings (SSSR count). The van der Waals surface area contributed by atoms with Gasteiger partial charge in [0, 0.05) is 36.9 Å². The van der Waals surface area contributed by atoms with Crippen LogP contribution >= 0.6 is 0 Å². The van der Waals surface area contributed by atoms with Gasteiger partial charge in [-0.15, -0.1) is 0 Å². The number of carbonyl (C=O) groups is 2. The van der Waals surface area contributed by atoms with Crippen LogP contribution in [0.5, 0.6) is 0 Å². The smallest absolute Gasteiger partial charge is 0.262 e. The van der Waals surface area contributed by atoms with Crippen LogP contribution < -0.4 is 10.6 Å². The van der Waals surface area contributed by atoms with Gasteiger partial charge in [0.2, 0.25) is 5.91 Å². The maximum atomic E-state index is 12.2. The highest BCUT2D eigenvalue weighted by Crippen LogP contribution is 2.28. The summed E-state index contributed by atoms with van der Waals surface area (Å²) in [6, 6.07) is 3.96. The molecule has 0 bridgehead atoms. The van der Waals surface area contributed by atoms with Gasteiger partial charge in [0.15, 0.2) is 0 Å². The molecule has 1 heterocycles. The van der Waals surface area contributed by atoms with E-state index in [1.165, 1.54) is 0 Å². The maximum Gasteiger partial charge on any atom is 0.262 e. The second-order valence-corrected chi connectivity index (χ2v) is 6.47. The second kappa shape index (κ2) is 8.52. The Kier molecular flexibility index (Phi) is 6.40. The van der Waals surface area contributed by atoms with Crippen molar-refractivity contribution in [1.29, 1.82) is 5.26 Å². The molecule has 0 spiro atoms. The molecule has 1 aliphatic carbocycles. The zero-order chi connectivity index (χ0) is 18.4. The molecule has 1 aromatic rings. The minimum atomic E-state index is -0.413. The summed E-state index contributed by atoms with van der Waals surface area (Å²) < 4.78 is 2.19. The Morgan fingerprint density at radius 3 is 2.60 bits per heavy atom. The fraction of sp³-hybridized carbons (Fsp3) is 0.526. The highest BCUT2D eigenvalue weighted by Gasteiger charge is 2.29. The van der Waals surface area contributed by atoms with Gasteiger partial charge in [-0.3, -0.25) is 9.59 Å². The summed E-state index contributed by atoms with van der Waals surface area (Å²) in [6.07, 6.45) is 4.57. The van der Waals surface area contributed by atoms with Gasteiger partial charge < -0.3 is 15.2 Å². The van der Waals surface area contributed by atoms with Gasteiger partial charge in [0.05, 0.1) is 0 Å². The molecule has 0 saturated heterocycles. The van der Waals surface area contributed by atoms with Crippen molar-refractivity contribution in [3.8, 4) is 6.07 Å². The lowest BCUT2D eigenvalue weighted by atomic mass is 10.1. The van der Waals surface area contributed by atoms with Gasteiger partial charge in [0.1, 0.15) is 11.6 Å². The zero-order valence-electron chi connectivity index (χ0n) is 15.2. The van der Waals surface area contributed by atoms with Crippen LogP contribution in [0.25, 0.3) is 6.08 Å². The highest BCUT2D eigenvalue weighted by molar-refractivity contribution is 6.01. The van der Waals surface area contributed by atoms with Crippen LogP contribution in [-0.2, 0) is 16.1 Å². The number of rotatable bonds is 8. The van der Waals surface area contributed by atoms with E-state index < -0.39 is 5.91 Å². The third-order valence-electron chi connectivity index (χ3n) is 4.38. The van der Waals surface area contributed by atoms with Gasteiger partial charge in [-0.2, -0.15) is 5.26 Å². The van der Waals surface area contributed by atoms with Crippen molar-refractivity contribution < 1.29 is 9.59 Å². The maximum absolute atomic E-state index is 12.2. The Morgan fingerprint density at radius 1 is 1.32 bits per heavy atom. The van der Waals surface area contributed by atoms with Crippen LogP contribution in [0.2, 0.25) is 0 Å². The topological polar surface area (TPSA) is 86.9 Å². The molecule has 2 amide bonds. The standard InChI is InChI=1S/C19H26N4O2/c1-4-9-23-13(2)10-16(14(23)3)11-17(12-20)19(25)22-8-7-21-18(24)15-5-6-15/h10-11,15H,4-9H2,1-3H3,(H,21,24)(H,22,25)/b17-11-. The Bertz CT molecular complexity index is 721. The molecule has 1 aromatic heterocycles. The molecule has 0 unspecified atom stereocenters. The third kappa shape index (κ3) is 4.96. The number of hydrogen-bond donors (Lipinski definition) is 2. The number of nitriles is 1. The molecular formula is C19H26N4O2. The Labute approximate surface area is 148 Å². The van der Waals surface area contributed by atoms with Crippen LogP contribution in [-0.4, -0.2) is 29.5 Å². The van der Waals surface area contributed by atoms with E-state index in [9.17, 15) is 14.9 Å². The summed E-state index contributed by atoms with van der Waals surface area (Å²) in [4.78, 5) is 23.7. The van der Waals surface area contributed by atoms with Crippen LogP contribution in [0.15, 0.2) is 11.6 Å². The summed E-state index contributed by atoms with van der Waals surface area (Å²) in [5, 5.41) is 14.8. The Hall–Kier alpha value is -2.55. The minimum absolute atomic E-state index is 0.0497. The number of aromatic nitrogens is 1. The predicted octanol–water partition coefficient (Wildman–Crippen LogP) is 2.06. The highest BCUT2D eigenvalue weighted by atomic mass is 16.2. The van der Waals surface area contributed by atoms with Crippen molar-refractivity contribution in [3.63, 3.8) is 0 Å². The molecule has 1 aliphatic rings. The molecule has 2 N–H and O–H groups in total. The molecule has 25 heavy (non-hydrogen) atoms. The van der Waals surface area contributed by atoms with E-state index in [1.807, 2.05) is 26.0 Å². The SMILES string of the molecule is CCCn1c(C)cc(/C=C(/C#N)C(=O)NCCNC(=O)C2CC2)c1C. The molecule has 0 aromatic carbocycles. The molecule has 1 saturated carbocycles. The first-order chi connectivity index (χ1) is 12.0. The van der Waals surface area contributed by atoms with E-state index >= 15 is 0 Å². The van der Waals surface area contributed by atoms with Gasteiger partial charge in [-0.25, -0.2) is 0 Å². The lowest BCUT2D eigenvalue weighted by Crippen LogP contribution is -2.35. The van der Waals surface area contributed by atoms with E-state index in [2.05, 4.69) is 22.1 Å². The van der Waals surface area contributed by atoms with E-state index in [1.54, 1.807) is 6.08 Å². The fourth-order valence-corrected chi connectivity index (χ4v) is 2.79. The van der Waals surface area contributed by atoms with E-state index in [-0.39, 0.29) is 17.4 Å². The average Bonchev–Trinajstić information content (AvgIpc) is 3.40. The van der Waals surface area contributed by atoms with Crippen LogP contribution in [0.1, 0.15) is 43.1 Å². The minimum Gasteiger partial charge on any atom is -0.354 e. The number of carbonyl (C=O) groups excluding carboxylic acids is 2. The lowest BCUT2D eigenvalue weighted by molar-refractivity contribution is -0.122. The van der Waals surface area contributed by atoms with Crippen LogP contribution in [0.3, 0.4) is 0 Å². The van der Waals surface area contributed by atoms with Crippen molar-refractivity contribution in [1.82, 2.24) is 15.2 Å². The van der Waals surface area contributed by atoms with Crippen LogP contribution in [0.4, 0.5) is 0 Å². The summed E-state index contributed by atoms with van der Waals surface area (Å²) in [5.41, 5.74) is 3.13. The third-order valence-corrected chi connectivity index (χ3v) is 4.38. The summed E-state index contributed by atoms with van der Waals surface area (Å²) in [5.74, 6) is -0.208. The van der Waals surface area contributed by atoms with Crippen molar-refractivity contribution in [2.75, 3.05) is 13.1 Å². The summed E-state index contributed by atoms with van der Waals surface area (Å²) >= 11 is 0. The first kappa shape index (κ1) is 18.8. The van der Waals surface area contributed by atoms with Crippen molar-refractivity contribution >= 4 is 17.9 Å². The number of amides is 2. The Morgan fingerprint density at radius 2 is 2.00 bits per heavy atom. The average molecular weight is 342 g/mol. The second-order valence-electron chi connectivity index (χ2n) is 6.47.